The molecular formula is C23H38O2Si. The van der Waals surface area contributed by atoms with Gasteiger partial charge < -0.3 is 4.43 Å². The molecule has 146 valence electrons. The summed E-state index contributed by atoms with van der Waals surface area (Å²) in [7, 11) is -1.86. The highest BCUT2D eigenvalue weighted by Gasteiger charge is 2.57. The molecule has 0 radical (unpaired) electrons. The van der Waals surface area contributed by atoms with Crippen LogP contribution in [0.4, 0.5) is 0 Å². The molecule has 3 rings (SSSR count). The van der Waals surface area contributed by atoms with Crippen LogP contribution in [0, 0.1) is 28.6 Å². The Morgan fingerprint density at radius 2 is 1.92 bits per heavy atom. The molecule has 1 fully saturated rings. The lowest BCUT2D eigenvalue weighted by Gasteiger charge is -2.57. The second-order valence-corrected chi connectivity index (χ2v) is 15.2. The van der Waals surface area contributed by atoms with Gasteiger partial charge in [-0.05, 0) is 87.4 Å². The Bertz CT molecular complexity index is 639. The third-order valence-electron chi connectivity index (χ3n) is 7.44. The van der Waals surface area contributed by atoms with E-state index in [9.17, 15) is 4.79 Å². The van der Waals surface area contributed by atoms with Crippen LogP contribution < -0.4 is 0 Å². The van der Waals surface area contributed by atoms with E-state index in [4.69, 9.17) is 4.43 Å². The van der Waals surface area contributed by atoms with Crippen LogP contribution in [0.3, 0.4) is 0 Å². The van der Waals surface area contributed by atoms with Crippen molar-refractivity contribution in [3.05, 3.63) is 23.3 Å². The number of carbonyl (C=O) groups excluding carboxylic acids is 1. The Labute approximate surface area is 161 Å². The SMILES string of the molecule is CC(C)C1=CC2=CCC3C(C)(C(=O)O[Si](C)(C)C)CCCC3(C)C2CC1. The highest BCUT2D eigenvalue weighted by Crippen LogP contribution is 2.62. The van der Waals surface area contributed by atoms with Crippen molar-refractivity contribution in [1.29, 1.82) is 0 Å². The molecule has 4 unspecified atom stereocenters. The maximum absolute atomic E-state index is 13.2. The summed E-state index contributed by atoms with van der Waals surface area (Å²) >= 11 is 0. The molecular weight excluding hydrogens is 336 g/mol. The Hall–Kier alpha value is -0.833. The van der Waals surface area contributed by atoms with E-state index < -0.39 is 8.32 Å². The molecule has 0 aliphatic heterocycles. The molecule has 26 heavy (non-hydrogen) atoms. The van der Waals surface area contributed by atoms with Gasteiger partial charge in [-0.2, -0.15) is 0 Å². The van der Waals surface area contributed by atoms with Crippen LogP contribution in [0.1, 0.15) is 66.2 Å². The molecule has 0 aromatic rings. The van der Waals surface area contributed by atoms with Gasteiger partial charge in [-0.25, -0.2) is 0 Å². The minimum atomic E-state index is -1.86. The van der Waals surface area contributed by atoms with Gasteiger partial charge in [0.2, 0.25) is 8.32 Å². The average molecular weight is 375 g/mol. The average Bonchev–Trinajstić information content (AvgIpc) is 2.52. The summed E-state index contributed by atoms with van der Waals surface area (Å²) in [4.78, 5) is 13.2. The van der Waals surface area contributed by atoms with E-state index in [1.165, 1.54) is 19.3 Å². The van der Waals surface area contributed by atoms with Gasteiger partial charge in [0.25, 0.3) is 5.97 Å². The van der Waals surface area contributed by atoms with Crippen molar-refractivity contribution in [1.82, 2.24) is 0 Å². The molecule has 0 saturated heterocycles. The summed E-state index contributed by atoms with van der Waals surface area (Å²) < 4.78 is 6.03. The van der Waals surface area contributed by atoms with E-state index in [1.807, 2.05) is 0 Å². The van der Waals surface area contributed by atoms with E-state index >= 15 is 0 Å². The van der Waals surface area contributed by atoms with E-state index in [0.29, 0.717) is 17.8 Å². The summed E-state index contributed by atoms with van der Waals surface area (Å²) in [6, 6.07) is 0. The lowest BCUT2D eigenvalue weighted by atomic mass is 9.47. The smallest absolute Gasteiger partial charge is 0.298 e. The first kappa shape index (κ1) is 19.9. The van der Waals surface area contributed by atoms with Crippen LogP contribution >= 0.6 is 0 Å². The Morgan fingerprint density at radius 3 is 2.54 bits per heavy atom. The van der Waals surface area contributed by atoms with Crippen molar-refractivity contribution < 1.29 is 9.22 Å². The summed E-state index contributed by atoms with van der Waals surface area (Å²) in [6.07, 6.45) is 11.8. The number of hydrogen-bond donors (Lipinski definition) is 0. The highest BCUT2D eigenvalue weighted by molar-refractivity contribution is 6.71. The van der Waals surface area contributed by atoms with Crippen LogP contribution in [0.5, 0.6) is 0 Å². The molecule has 0 bridgehead atoms. The lowest BCUT2D eigenvalue weighted by molar-refractivity contribution is -0.160. The van der Waals surface area contributed by atoms with Crippen LogP contribution in [0.15, 0.2) is 23.3 Å². The van der Waals surface area contributed by atoms with Crippen molar-refractivity contribution in [2.24, 2.45) is 28.6 Å². The van der Waals surface area contributed by atoms with Gasteiger partial charge in [-0.15, -0.1) is 0 Å². The van der Waals surface area contributed by atoms with E-state index in [-0.39, 0.29) is 16.8 Å². The number of carbonyl (C=O) groups is 1. The van der Waals surface area contributed by atoms with Gasteiger partial charge in [-0.1, -0.05) is 44.9 Å². The Balaban J connectivity index is 1.94. The van der Waals surface area contributed by atoms with Gasteiger partial charge in [0.05, 0.1) is 5.41 Å². The topological polar surface area (TPSA) is 26.3 Å². The molecule has 0 amide bonds. The maximum atomic E-state index is 13.2. The quantitative estimate of drug-likeness (QED) is 0.527. The summed E-state index contributed by atoms with van der Waals surface area (Å²) in [5, 5.41) is 0. The number of allylic oxidation sites excluding steroid dienone is 4. The highest BCUT2D eigenvalue weighted by atomic mass is 28.4. The van der Waals surface area contributed by atoms with Crippen molar-refractivity contribution in [2.45, 2.75) is 85.9 Å². The lowest BCUT2D eigenvalue weighted by Crippen LogP contribution is -2.54. The summed E-state index contributed by atoms with van der Waals surface area (Å²) in [6.45, 7) is 15.7. The zero-order valence-electron chi connectivity index (χ0n) is 17.9. The minimum absolute atomic E-state index is 0.0821. The first-order valence-corrected chi connectivity index (χ1v) is 14.0. The Kier molecular flexibility index (Phi) is 5.09. The fourth-order valence-corrected chi connectivity index (χ4v) is 6.77. The van der Waals surface area contributed by atoms with E-state index in [1.54, 1.807) is 11.1 Å². The van der Waals surface area contributed by atoms with Crippen molar-refractivity contribution in [3.8, 4) is 0 Å². The molecule has 3 heteroatoms. The van der Waals surface area contributed by atoms with Gasteiger partial charge in [-0.3, -0.25) is 4.79 Å². The monoisotopic (exact) mass is 374 g/mol. The van der Waals surface area contributed by atoms with Crippen LogP contribution in [0.2, 0.25) is 19.6 Å². The maximum Gasteiger partial charge on any atom is 0.298 e. The molecule has 1 saturated carbocycles. The Morgan fingerprint density at radius 1 is 1.23 bits per heavy atom. The molecule has 0 N–H and O–H groups in total. The van der Waals surface area contributed by atoms with Crippen LogP contribution in [0.25, 0.3) is 0 Å². The second-order valence-electron chi connectivity index (χ2n) is 10.7. The molecule has 0 aromatic carbocycles. The molecule has 0 aromatic heterocycles. The third kappa shape index (κ3) is 3.36. The standard InChI is InChI=1S/C23H38O2Si/c1-16(2)17-9-11-19-18(15-17)10-12-20-22(19,3)13-8-14-23(20,4)21(24)25-26(5,6)7/h10,15-16,19-20H,8-9,11-14H2,1-7H3. The first-order chi connectivity index (χ1) is 12.0. The molecule has 3 aliphatic carbocycles. The molecule has 3 aliphatic rings. The number of hydrogen-bond acceptors (Lipinski definition) is 2. The summed E-state index contributed by atoms with van der Waals surface area (Å²) in [5.41, 5.74) is 3.07. The zero-order valence-corrected chi connectivity index (χ0v) is 18.9. The second kappa shape index (κ2) is 6.65. The van der Waals surface area contributed by atoms with Crippen LogP contribution in [-0.2, 0) is 9.22 Å². The third-order valence-corrected chi connectivity index (χ3v) is 8.24. The molecule has 4 atom stereocenters. The first-order valence-electron chi connectivity index (χ1n) is 10.6. The predicted molar refractivity (Wildman–Crippen MR) is 111 cm³/mol. The van der Waals surface area contributed by atoms with Crippen molar-refractivity contribution in [3.63, 3.8) is 0 Å². The fourth-order valence-electron chi connectivity index (χ4n) is 5.98. The molecule has 0 spiro atoms. The van der Waals surface area contributed by atoms with Crippen LogP contribution in [-0.4, -0.2) is 14.3 Å². The van der Waals surface area contributed by atoms with Crippen molar-refractivity contribution in [2.75, 3.05) is 0 Å². The van der Waals surface area contributed by atoms with Gasteiger partial charge in [0.1, 0.15) is 0 Å². The molecule has 2 nitrogen and oxygen atoms in total. The summed E-state index contributed by atoms with van der Waals surface area (Å²) in [5.74, 6) is 1.75. The normalized spacial score (nSPS) is 37.4. The van der Waals surface area contributed by atoms with Gasteiger partial charge in [0.15, 0.2) is 0 Å². The van der Waals surface area contributed by atoms with E-state index in [2.05, 4.69) is 59.5 Å². The number of fused-ring (bicyclic) bond motifs is 3. The zero-order chi connectivity index (χ0) is 19.3. The molecule has 0 heterocycles. The van der Waals surface area contributed by atoms with E-state index in [0.717, 1.165) is 19.3 Å². The van der Waals surface area contributed by atoms with Crippen molar-refractivity contribution >= 4 is 14.3 Å². The fraction of sp³-hybridized carbons (Fsp3) is 0.783. The largest absolute Gasteiger partial charge is 0.519 e. The predicted octanol–water partition coefficient (Wildman–Crippen LogP) is 6.50. The number of rotatable bonds is 3. The minimum Gasteiger partial charge on any atom is -0.519 e. The van der Waals surface area contributed by atoms with Gasteiger partial charge >= 0.3 is 0 Å². The van der Waals surface area contributed by atoms with Gasteiger partial charge in [0, 0.05) is 0 Å².